The highest BCUT2D eigenvalue weighted by molar-refractivity contribution is 7.13. The topological polar surface area (TPSA) is 16.1 Å². The Labute approximate surface area is 108 Å². The normalized spacial score (nSPS) is 14.1. The summed E-state index contributed by atoms with van der Waals surface area (Å²) < 4.78 is 13.3. The second kappa shape index (κ2) is 4.27. The molecule has 1 aromatic heterocycles. The number of rotatable bonds is 2. The zero-order valence-electron chi connectivity index (χ0n) is 8.99. The molecule has 0 radical (unpaired) electrons. The molecule has 2 aromatic rings. The van der Waals surface area contributed by atoms with Crippen LogP contribution in [0.25, 0.3) is 0 Å². The maximum Gasteiger partial charge on any atom is 0.190 e. The van der Waals surface area contributed by atoms with Crippen molar-refractivity contribution in [3.63, 3.8) is 0 Å². The fourth-order valence-corrected chi connectivity index (χ4v) is 3.13. The van der Waals surface area contributed by atoms with E-state index >= 15 is 0 Å². The smallest absolute Gasteiger partial charge is 0.190 e. The minimum absolute atomic E-state index is 0.204. The van der Waals surface area contributed by atoms with Crippen LogP contribution in [-0.4, -0.2) is 11.5 Å². The van der Waals surface area contributed by atoms with Gasteiger partial charge >= 0.3 is 0 Å². The van der Waals surface area contributed by atoms with Gasteiger partial charge in [-0.2, -0.15) is 0 Å². The molecule has 0 N–H and O–H groups in total. The minimum Gasteiger partial charge on any atom is -0.317 e. The van der Waals surface area contributed by atoms with Crippen LogP contribution in [0.1, 0.15) is 11.3 Å². The Morgan fingerprint density at radius 3 is 3.12 bits per heavy atom. The third-order valence-corrected chi connectivity index (χ3v) is 4.04. The molecule has 0 bridgehead atoms. The summed E-state index contributed by atoms with van der Waals surface area (Å²) in [5.74, 6) is 0.213. The Bertz CT molecular complexity index is 555. The summed E-state index contributed by atoms with van der Waals surface area (Å²) in [6, 6.07) is 4.93. The van der Waals surface area contributed by atoms with Gasteiger partial charge in [0.05, 0.1) is 11.6 Å². The van der Waals surface area contributed by atoms with Gasteiger partial charge in [-0.3, -0.25) is 0 Å². The Kier molecular flexibility index (Phi) is 2.76. The van der Waals surface area contributed by atoms with Crippen LogP contribution < -0.4 is 4.90 Å². The fourth-order valence-electron chi connectivity index (χ4n) is 2.03. The van der Waals surface area contributed by atoms with Crippen LogP contribution in [0.5, 0.6) is 0 Å². The summed E-state index contributed by atoms with van der Waals surface area (Å²) in [5.41, 5.74) is 2.98. The Balaban J connectivity index is 2.00. The number of alkyl halides is 1. The van der Waals surface area contributed by atoms with Crippen molar-refractivity contribution in [3.8, 4) is 0 Å². The number of anilines is 2. The monoisotopic (exact) mass is 268 g/mol. The molecule has 5 heteroatoms. The van der Waals surface area contributed by atoms with Crippen LogP contribution >= 0.6 is 22.9 Å². The average Bonchev–Trinajstić information content (AvgIpc) is 2.93. The average molecular weight is 269 g/mol. The van der Waals surface area contributed by atoms with Crippen LogP contribution in [0.15, 0.2) is 23.6 Å². The summed E-state index contributed by atoms with van der Waals surface area (Å²) in [5, 5.41) is 2.84. The zero-order chi connectivity index (χ0) is 11.8. The molecule has 0 unspecified atom stereocenters. The molecule has 0 atom stereocenters. The number of fused-ring (bicyclic) bond motifs is 1. The first kappa shape index (κ1) is 11.0. The van der Waals surface area contributed by atoms with E-state index in [1.165, 1.54) is 11.6 Å². The number of halogens is 2. The number of thiazole rings is 1. The van der Waals surface area contributed by atoms with Crippen molar-refractivity contribution < 1.29 is 4.39 Å². The van der Waals surface area contributed by atoms with Gasteiger partial charge in [0.2, 0.25) is 0 Å². The Morgan fingerprint density at radius 2 is 2.35 bits per heavy atom. The summed E-state index contributed by atoms with van der Waals surface area (Å²) in [4.78, 5) is 6.48. The summed E-state index contributed by atoms with van der Waals surface area (Å²) in [6.45, 7) is 0.855. The van der Waals surface area contributed by atoms with E-state index < -0.39 is 0 Å². The summed E-state index contributed by atoms with van der Waals surface area (Å²) in [6.07, 6.45) is 0.936. The van der Waals surface area contributed by atoms with Gasteiger partial charge in [-0.05, 0) is 24.1 Å². The predicted molar refractivity (Wildman–Crippen MR) is 68.8 cm³/mol. The van der Waals surface area contributed by atoms with E-state index in [-0.39, 0.29) is 5.82 Å². The molecule has 0 saturated carbocycles. The molecule has 0 saturated heterocycles. The zero-order valence-corrected chi connectivity index (χ0v) is 10.6. The SMILES string of the molecule is Fc1ccc2c(c1)N(c1nc(CCl)cs1)CC2. The molecule has 0 spiro atoms. The van der Waals surface area contributed by atoms with Gasteiger partial charge in [-0.15, -0.1) is 22.9 Å². The molecule has 1 aliphatic heterocycles. The predicted octanol–water partition coefficient (Wildman–Crippen LogP) is 3.72. The molecule has 1 aromatic carbocycles. The first-order valence-electron chi connectivity index (χ1n) is 5.34. The van der Waals surface area contributed by atoms with Crippen molar-refractivity contribution in [1.29, 1.82) is 0 Å². The molecule has 2 nitrogen and oxygen atoms in total. The lowest BCUT2D eigenvalue weighted by molar-refractivity contribution is 0.628. The van der Waals surface area contributed by atoms with Crippen LogP contribution in [0, 0.1) is 5.82 Å². The van der Waals surface area contributed by atoms with Crippen LogP contribution in [0.4, 0.5) is 15.2 Å². The van der Waals surface area contributed by atoms with Gasteiger partial charge in [0, 0.05) is 17.6 Å². The number of nitrogens with zero attached hydrogens (tertiary/aromatic N) is 2. The van der Waals surface area contributed by atoms with E-state index in [9.17, 15) is 4.39 Å². The quantitative estimate of drug-likeness (QED) is 0.772. The highest BCUT2D eigenvalue weighted by atomic mass is 35.5. The summed E-state index contributed by atoms with van der Waals surface area (Å²) >= 11 is 7.29. The third kappa shape index (κ3) is 1.91. The molecule has 0 aliphatic carbocycles. The van der Waals surface area contributed by atoms with E-state index in [2.05, 4.69) is 9.88 Å². The second-order valence-electron chi connectivity index (χ2n) is 3.93. The lowest BCUT2D eigenvalue weighted by Gasteiger charge is -2.15. The fraction of sp³-hybridized carbons (Fsp3) is 0.250. The first-order chi connectivity index (χ1) is 8.28. The van der Waals surface area contributed by atoms with E-state index in [4.69, 9.17) is 11.6 Å². The van der Waals surface area contributed by atoms with E-state index in [1.807, 2.05) is 11.4 Å². The van der Waals surface area contributed by atoms with Gasteiger partial charge in [-0.25, -0.2) is 9.37 Å². The second-order valence-corrected chi connectivity index (χ2v) is 5.03. The molecular weight excluding hydrogens is 259 g/mol. The lowest BCUT2D eigenvalue weighted by atomic mass is 10.2. The first-order valence-corrected chi connectivity index (χ1v) is 6.75. The number of aromatic nitrogens is 1. The molecule has 17 heavy (non-hydrogen) atoms. The lowest BCUT2D eigenvalue weighted by Crippen LogP contribution is -2.13. The Hall–Kier alpha value is -1.13. The molecular formula is C12H10ClFN2S. The molecule has 0 fully saturated rings. The maximum atomic E-state index is 13.3. The van der Waals surface area contributed by atoms with Gasteiger partial charge in [0.25, 0.3) is 0 Å². The molecule has 2 heterocycles. The maximum absolute atomic E-state index is 13.3. The number of benzene rings is 1. The molecule has 0 amide bonds. The van der Waals surface area contributed by atoms with Gasteiger partial charge in [0.15, 0.2) is 5.13 Å². The molecule has 88 valence electrons. The van der Waals surface area contributed by atoms with Gasteiger partial charge < -0.3 is 4.90 Å². The van der Waals surface area contributed by atoms with E-state index in [0.717, 1.165) is 29.5 Å². The van der Waals surface area contributed by atoms with Crippen molar-refractivity contribution >= 4 is 33.8 Å². The van der Waals surface area contributed by atoms with E-state index in [0.29, 0.717) is 5.88 Å². The minimum atomic E-state index is -0.204. The van der Waals surface area contributed by atoms with Gasteiger partial charge in [0.1, 0.15) is 5.82 Å². The van der Waals surface area contributed by atoms with Crippen LogP contribution in [0.2, 0.25) is 0 Å². The highest BCUT2D eigenvalue weighted by Crippen LogP contribution is 2.36. The van der Waals surface area contributed by atoms with Crippen molar-refractivity contribution in [2.75, 3.05) is 11.4 Å². The standard InChI is InChI=1S/C12H10ClFN2S/c13-6-10-7-17-12(15-10)16-4-3-8-1-2-9(14)5-11(8)16/h1-2,5,7H,3-4,6H2. The number of hydrogen-bond donors (Lipinski definition) is 0. The van der Waals surface area contributed by atoms with E-state index in [1.54, 1.807) is 17.4 Å². The molecule has 1 aliphatic rings. The number of hydrogen-bond acceptors (Lipinski definition) is 3. The van der Waals surface area contributed by atoms with Crippen LogP contribution in [0.3, 0.4) is 0 Å². The van der Waals surface area contributed by atoms with Gasteiger partial charge in [-0.1, -0.05) is 6.07 Å². The third-order valence-electron chi connectivity index (χ3n) is 2.85. The highest BCUT2D eigenvalue weighted by Gasteiger charge is 2.23. The van der Waals surface area contributed by atoms with Crippen molar-refractivity contribution in [1.82, 2.24) is 4.98 Å². The van der Waals surface area contributed by atoms with Crippen molar-refractivity contribution in [2.24, 2.45) is 0 Å². The molecule has 3 rings (SSSR count). The Morgan fingerprint density at radius 1 is 1.47 bits per heavy atom. The van der Waals surface area contributed by atoms with Crippen LogP contribution in [-0.2, 0) is 12.3 Å². The largest absolute Gasteiger partial charge is 0.317 e. The van der Waals surface area contributed by atoms with Crippen molar-refractivity contribution in [2.45, 2.75) is 12.3 Å². The van der Waals surface area contributed by atoms with Crippen molar-refractivity contribution in [3.05, 3.63) is 40.7 Å². The summed E-state index contributed by atoms with van der Waals surface area (Å²) in [7, 11) is 0.